The van der Waals surface area contributed by atoms with Crippen molar-refractivity contribution >= 4 is 0 Å². The molecule has 1 fully saturated rings. The van der Waals surface area contributed by atoms with E-state index < -0.39 is 0 Å². The van der Waals surface area contributed by atoms with E-state index in [0.717, 1.165) is 92.0 Å². The first-order chi connectivity index (χ1) is 67.9. The lowest BCUT2D eigenvalue weighted by Gasteiger charge is -2.44. The van der Waals surface area contributed by atoms with E-state index in [4.69, 9.17) is 29.9 Å². The van der Waals surface area contributed by atoms with Gasteiger partial charge in [-0.15, -0.1) is 0 Å². The molecule has 6 nitrogen and oxygen atoms in total. The van der Waals surface area contributed by atoms with E-state index in [0.29, 0.717) is 17.5 Å². The number of pyridine rings is 3. The quantitative estimate of drug-likeness (QED) is 0.0904. The van der Waals surface area contributed by atoms with E-state index in [1.54, 1.807) is 0 Å². The molecule has 0 N–H and O–H groups in total. The van der Waals surface area contributed by atoms with Gasteiger partial charge in [0.05, 0.1) is 17.1 Å². The van der Waals surface area contributed by atoms with E-state index in [1.807, 2.05) is 18.6 Å². The molecule has 4 aromatic heterocycles. The van der Waals surface area contributed by atoms with E-state index in [1.165, 1.54) is 128 Å². The van der Waals surface area contributed by atoms with E-state index in [2.05, 4.69) is 494 Å². The minimum Gasteiger partial charge on any atom is -0.256 e. The maximum absolute atomic E-state index is 5.47. The highest BCUT2D eigenvalue weighted by atomic mass is 15.0. The molecule has 4 heterocycles. The van der Waals surface area contributed by atoms with Gasteiger partial charge in [0.25, 0.3) is 0 Å². The van der Waals surface area contributed by atoms with Crippen molar-refractivity contribution in [2.75, 3.05) is 0 Å². The topological polar surface area (TPSA) is 77.3 Å². The van der Waals surface area contributed by atoms with E-state index >= 15 is 0 Å². The molecule has 4 aliphatic carbocycles. The van der Waals surface area contributed by atoms with Crippen LogP contribution in [0.2, 0.25) is 0 Å². The van der Waals surface area contributed by atoms with Crippen LogP contribution in [0.4, 0.5) is 0 Å². The van der Waals surface area contributed by atoms with Crippen molar-refractivity contribution in [3.8, 4) is 157 Å². The Hall–Kier alpha value is -13.7. The lowest BCUT2D eigenvalue weighted by Crippen LogP contribution is -2.42. The van der Waals surface area contributed by atoms with Gasteiger partial charge in [0.15, 0.2) is 17.5 Å². The summed E-state index contributed by atoms with van der Waals surface area (Å²) in [5.74, 6) is 1.98. The molecule has 0 spiro atoms. The summed E-state index contributed by atoms with van der Waals surface area (Å²) < 4.78 is 0. The van der Waals surface area contributed by atoms with Gasteiger partial charge in [-0.2, -0.15) is 0 Å². The second kappa shape index (κ2) is 34.8. The molecule has 0 aliphatic heterocycles. The Kier molecular flexibility index (Phi) is 23.3. The average molecular weight is 1870 g/mol. The highest BCUT2D eigenvalue weighted by molar-refractivity contribution is 5.93. The first-order valence-corrected chi connectivity index (χ1v) is 52.1. The molecule has 2 unspecified atom stereocenters. The molecule has 0 amide bonds. The summed E-state index contributed by atoms with van der Waals surface area (Å²) in [6.45, 7) is 58.3. The lowest BCUT2D eigenvalue weighted by molar-refractivity contribution is 0.125. The Morgan fingerprint density at radius 3 is 0.818 bits per heavy atom. The molecule has 0 bridgehead atoms. The zero-order valence-corrected chi connectivity index (χ0v) is 88.4. The Morgan fingerprint density at radius 1 is 0.203 bits per heavy atom. The lowest BCUT2D eigenvalue weighted by atomic mass is 9.59. The summed E-state index contributed by atoms with van der Waals surface area (Å²) in [6.07, 6.45) is 8.75. The third kappa shape index (κ3) is 16.0. The Morgan fingerprint density at radius 2 is 0.490 bits per heavy atom. The van der Waals surface area contributed by atoms with Crippen LogP contribution in [-0.2, 0) is 43.3 Å². The van der Waals surface area contributed by atoms with Crippen molar-refractivity contribution in [3.05, 3.63) is 407 Å². The van der Waals surface area contributed by atoms with E-state index in [-0.39, 0.29) is 77.3 Å². The fraction of sp³-hybridized carbons (Fsp3) is 0.299. The van der Waals surface area contributed by atoms with Gasteiger partial charge in [-0.1, -0.05) is 427 Å². The Bertz CT molecular complexity index is 7500. The van der Waals surface area contributed by atoms with Gasteiger partial charge >= 0.3 is 0 Å². The fourth-order valence-electron chi connectivity index (χ4n) is 25.1. The van der Waals surface area contributed by atoms with Crippen LogP contribution in [0.25, 0.3) is 157 Å². The molecule has 716 valence electrons. The van der Waals surface area contributed by atoms with Gasteiger partial charge < -0.3 is 0 Å². The van der Waals surface area contributed by atoms with Crippen LogP contribution in [0.15, 0.2) is 346 Å². The van der Waals surface area contributed by atoms with Gasteiger partial charge in [-0.05, 0) is 314 Å². The second-order valence-corrected chi connectivity index (χ2v) is 48.7. The highest BCUT2D eigenvalue weighted by Gasteiger charge is 2.60. The standard InChI is InChI=1S/C137H138N6/c1-127(2,3)101-67-69-138-122(82-101)93-54-61-110(113(77-93)90-57-64-116-119(80-90)133(15,16)136(21,22)130(116,9)10)107-51-35-32-48-104(107)99-73-98(74-100(75-99)105-49-33-36-52-108(105)111-62-55-94(123-83-102(68-70-139-123)128(4,5)6)78-114(111)91-58-65-117-120(81-91)134(17,18)137(23,24)131(117,11)12)103-47-31-34-50-106(103)109-60-53-92(76-112(109)89-56-63-115-118(79-89)132(13,14)135(19,20)129(115,7)8)121-66-59-97(84-140-121)126-142-124(95-45-37-43-87(71-95)85-39-27-25-28-40-85)141-125(143-126)96-46-38-44-88(72-96)86-41-29-26-30-42-86/h25-72,76-84,98-100H,73-75H2,1-24H3. The average Bonchev–Trinajstić information content (AvgIpc) is 1.55. The smallest absolute Gasteiger partial charge is 0.165 e. The number of benzene rings is 13. The SMILES string of the molecule is CC(C)(C)c1ccnc(-c2ccc(-c3ccccc3C3CC(c4ccccc4-c4ccc(-c5ccc(-c6nc(-c7cccc(-c8ccccc8)c7)nc(-c7cccc(-c8ccccc8)c7)n6)cn5)cc4-c4ccc5c(c4)C(C)(C)C(C)(C)C5(C)C)CC(c4ccccc4-c4ccc(-c5cc(C(C)(C)C)ccn5)cc4-c4ccc5c(c4)C(C)(C)C(C)(C)C5(C)C)C3)c(-c3ccc4c(c3)C(C)(C)C(C)(C)C4(C)C)c2)c1. The van der Waals surface area contributed by atoms with Crippen molar-refractivity contribution in [2.24, 2.45) is 16.2 Å². The number of aromatic nitrogens is 6. The Balaban J connectivity index is 0.740. The Labute approximate surface area is 851 Å². The van der Waals surface area contributed by atoms with Gasteiger partial charge in [-0.25, -0.2) is 15.0 Å². The van der Waals surface area contributed by atoms with Gasteiger partial charge in [0, 0.05) is 52.0 Å². The minimum atomic E-state index is -0.160. The number of nitrogens with zero attached hydrogens (tertiary/aromatic N) is 6. The first-order valence-electron chi connectivity index (χ1n) is 52.1. The molecule has 0 saturated heterocycles. The maximum Gasteiger partial charge on any atom is 0.165 e. The van der Waals surface area contributed by atoms with Crippen LogP contribution in [0.5, 0.6) is 0 Å². The highest BCUT2D eigenvalue weighted by Crippen LogP contribution is 2.66. The van der Waals surface area contributed by atoms with E-state index in [9.17, 15) is 0 Å². The largest absolute Gasteiger partial charge is 0.256 e. The van der Waals surface area contributed by atoms with Crippen molar-refractivity contribution in [2.45, 2.75) is 247 Å². The molecular weight excluding hydrogens is 1730 g/mol. The van der Waals surface area contributed by atoms with Crippen molar-refractivity contribution in [1.29, 1.82) is 0 Å². The number of rotatable bonds is 17. The summed E-state index contributed by atoms with van der Waals surface area (Å²) in [6, 6.07) is 124. The number of fused-ring (bicyclic) bond motifs is 3. The summed E-state index contributed by atoms with van der Waals surface area (Å²) >= 11 is 0. The predicted octanol–water partition coefficient (Wildman–Crippen LogP) is 36.6. The summed E-state index contributed by atoms with van der Waals surface area (Å²) in [5.41, 5.74) is 42.1. The van der Waals surface area contributed by atoms with Crippen molar-refractivity contribution in [1.82, 2.24) is 29.9 Å². The van der Waals surface area contributed by atoms with Gasteiger partial charge in [0.1, 0.15) is 0 Å². The summed E-state index contributed by atoms with van der Waals surface area (Å²) in [7, 11) is 0. The van der Waals surface area contributed by atoms with Crippen LogP contribution in [0.3, 0.4) is 0 Å². The van der Waals surface area contributed by atoms with Crippen molar-refractivity contribution in [3.63, 3.8) is 0 Å². The first kappa shape index (κ1) is 95.5. The van der Waals surface area contributed by atoms with Crippen LogP contribution < -0.4 is 0 Å². The van der Waals surface area contributed by atoms with Crippen LogP contribution in [-0.4, -0.2) is 29.9 Å². The molecule has 6 heteroatoms. The van der Waals surface area contributed by atoms with Crippen molar-refractivity contribution < 1.29 is 0 Å². The van der Waals surface area contributed by atoms with Crippen LogP contribution in [0.1, 0.15) is 264 Å². The molecule has 17 aromatic rings. The maximum atomic E-state index is 5.47. The fourth-order valence-corrected chi connectivity index (χ4v) is 25.1. The third-order valence-corrected chi connectivity index (χ3v) is 37.5. The molecule has 0 radical (unpaired) electrons. The van der Waals surface area contributed by atoms with Gasteiger partial charge in [0.2, 0.25) is 0 Å². The molecule has 1 saturated carbocycles. The zero-order chi connectivity index (χ0) is 100. The normalized spacial score (nSPS) is 18.4. The third-order valence-electron chi connectivity index (χ3n) is 37.5. The monoisotopic (exact) mass is 1870 g/mol. The minimum absolute atomic E-state index is 0.0212. The summed E-state index contributed by atoms with van der Waals surface area (Å²) in [4.78, 5) is 31.9. The van der Waals surface area contributed by atoms with Gasteiger partial charge in [-0.3, -0.25) is 15.0 Å². The summed E-state index contributed by atoms with van der Waals surface area (Å²) in [5, 5.41) is 0. The number of hydrogen-bond acceptors (Lipinski definition) is 6. The zero-order valence-electron chi connectivity index (χ0n) is 88.4. The molecule has 4 aliphatic rings. The predicted molar refractivity (Wildman–Crippen MR) is 601 cm³/mol. The molecule has 2 atom stereocenters. The molecule has 21 rings (SSSR count). The molecular formula is C137H138N6. The van der Waals surface area contributed by atoms with Crippen LogP contribution in [0, 0.1) is 16.2 Å². The second-order valence-electron chi connectivity index (χ2n) is 48.7. The molecule has 143 heavy (non-hydrogen) atoms. The molecule has 13 aromatic carbocycles. The van der Waals surface area contributed by atoms with Crippen LogP contribution >= 0.6 is 0 Å². The number of hydrogen-bond donors (Lipinski definition) is 0.